The molecule has 104 valence electrons. The molecule has 2 nitrogen and oxygen atoms in total. The van der Waals surface area contributed by atoms with Gasteiger partial charge in [-0.15, -0.1) is 11.8 Å². The van der Waals surface area contributed by atoms with Crippen LogP contribution in [0.3, 0.4) is 0 Å². The first kappa shape index (κ1) is 14.4. The van der Waals surface area contributed by atoms with Crippen molar-refractivity contribution < 1.29 is 4.79 Å². The number of nitrogens with one attached hydrogen (secondary N) is 1. The lowest BCUT2D eigenvalue weighted by atomic mass is 9.87. The topological polar surface area (TPSA) is 29.1 Å². The Balaban J connectivity index is 1.62. The zero-order valence-corrected chi connectivity index (χ0v) is 12.4. The van der Waals surface area contributed by atoms with Crippen LogP contribution in [0.25, 0.3) is 0 Å². The molecule has 2 rings (SSSR count). The molecule has 1 fully saturated rings. The van der Waals surface area contributed by atoms with Crippen LogP contribution in [0.5, 0.6) is 0 Å². The van der Waals surface area contributed by atoms with Gasteiger partial charge in [0.25, 0.3) is 0 Å². The Morgan fingerprint density at radius 1 is 1.21 bits per heavy atom. The van der Waals surface area contributed by atoms with Crippen LogP contribution in [0, 0.1) is 5.92 Å². The van der Waals surface area contributed by atoms with E-state index in [1.54, 1.807) is 11.8 Å². The molecule has 3 heteroatoms. The highest BCUT2D eigenvalue weighted by Gasteiger charge is 2.19. The average molecular weight is 277 g/mol. The van der Waals surface area contributed by atoms with Gasteiger partial charge in [-0.3, -0.25) is 4.79 Å². The van der Waals surface area contributed by atoms with Gasteiger partial charge in [0.1, 0.15) is 0 Å². The van der Waals surface area contributed by atoms with Gasteiger partial charge >= 0.3 is 0 Å². The summed E-state index contributed by atoms with van der Waals surface area (Å²) in [5.74, 6) is 2.51. The van der Waals surface area contributed by atoms with Crippen molar-refractivity contribution in [1.29, 1.82) is 0 Å². The van der Waals surface area contributed by atoms with E-state index in [0.717, 1.165) is 24.5 Å². The molecule has 1 aromatic carbocycles. The van der Waals surface area contributed by atoms with Gasteiger partial charge in [0.15, 0.2) is 0 Å². The fourth-order valence-electron chi connectivity index (χ4n) is 2.51. The normalized spacial score (nSPS) is 23.0. The first-order valence-corrected chi connectivity index (χ1v) is 8.30. The lowest BCUT2D eigenvalue weighted by Crippen LogP contribution is -2.38. The molecular weight excluding hydrogens is 254 g/mol. The number of hydrogen-bond donors (Lipinski definition) is 1. The van der Waals surface area contributed by atoms with Crippen molar-refractivity contribution in [2.45, 2.75) is 44.4 Å². The molecular formula is C16H23NOS. The fourth-order valence-corrected chi connectivity index (χ4v) is 3.31. The van der Waals surface area contributed by atoms with Crippen LogP contribution in [0.2, 0.25) is 0 Å². The second-order valence-electron chi connectivity index (χ2n) is 5.50. The standard InChI is InChI=1S/C16H23NOS/c1-13-7-9-15(10-8-13)17-16(18)12-19-11-14-5-3-2-4-6-14/h2-6,13,15H,7-12H2,1H3,(H,17,18). The minimum atomic E-state index is 0.195. The molecule has 0 aromatic heterocycles. The van der Waals surface area contributed by atoms with E-state index in [9.17, 15) is 4.79 Å². The molecule has 1 aliphatic rings. The Kier molecular flexibility index (Phi) is 5.77. The summed E-state index contributed by atoms with van der Waals surface area (Å²) in [5.41, 5.74) is 1.28. The third-order valence-corrected chi connectivity index (χ3v) is 4.73. The third-order valence-electron chi connectivity index (χ3n) is 3.73. The SMILES string of the molecule is CC1CCC(NC(=O)CSCc2ccccc2)CC1. The largest absolute Gasteiger partial charge is 0.353 e. The van der Waals surface area contributed by atoms with E-state index >= 15 is 0 Å². The molecule has 0 bridgehead atoms. The van der Waals surface area contributed by atoms with Gasteiger partial charge in [0.2, 0.25) is 5.91 Å². The third kappa shape index (κ3) is 5.27. The van der Waals surface area contributed by atoms with Crippen LogP contribution in [0.4, 0.5) is 0 Å². The average Bonchev–Trinajstić information content (AvgIpc) is 2.43. The summed E-state index contributed by atoms with van der Waals surface area (Å²) >= 11 is 1.69. The summed E-state index contributed by atoms with van der Waals surface area (Å²) in [6.45, 7) is 2.30. The Labute approximate surface area is 120 Å². The zero-order chi connectivity index (χ0) is 13.5. The Bertz CT molecular complexity index is 385. The molecule has 19 heavy (non-hydrogen) atoms. The molecule has 1 saturated carbocycles. The maximum Gasteiger partial charge on any atom is 0.230 e. The van der Waals surface area contributed by atoms with Crippen molar-refractivity contribution in [1.82, 2.24) is 5.32 Å². The zero-order valence-electron chi connectivity index (χ0n) is 11.6. The number of hydrogen-bond acceptors (Lipinski definition) is 2. The highest BCUT2D eigenvalue weighted by molar-refractivity contribution is 7.99. The van der Waals surface area contributed by atoms with Crippen molar-refractivity contribution in [3.63, 3.8) is 0 Å². The van der Waals surface area contributed by atoms with Crippen molar-refractivity contribution >= 4 is 17.7 Å². The van der Waals surface area contributed by atoms with Crippen molar-refractivity contribution in [2.24, 2.45) is 5.92 Å². The Morgan fingerprint density at radius 2 is 1.89 bits per heavy atom. The number of benzene rings is 1. The molecule has 1 N–H and O–H groups in total. The molecule has 1 aromatic rings. The smallest absolute Gasteiger partial charge is 0.230 e. The van der Waals surface area contributed by atoms with E-state index in [1.807, 2.05) is 18.2 Å². The van der Waals surface area contributed by atoms with Crippen LogP contribution in [0.1, 0.15) is 38.2 Å². The lowest BCUT2D eigenvalue weighted by Gasteiger charge is -2.26. The van der Waals surface area contributed by atoms with Crippen molar-refractivity contribution in [3.8, 4) is 0 Å². The van der Waals surface area contributed by atoms with Gasteiger partial charge in [-0.25, -0.2) is 0 Å². The highest BCUT2D eigenvalue weighted by Crippen LogP contribution is 2.23. The van der Waals surface area contributed by atoms with Crippen LogP contribution in [-0.4, -0.2) is 17.7 Å². The summed E-state index contributed by atoms with van der Waals surface area (Å²) in [6, 6.07) is 10.7. The van der Waals surface area contributed by atoms with E-state index in [2.05, 4.69) is 24.4 Å². The summed E-state index contributed by atoms with van der Waals surface area (Å²) in [7, 11) is 0. The molecule has 0 unspecified atom stereocenters. The van der Waals surface area contributed by atoms with E-state index in [1.165, 1.54) is 18.4 Å². The van der Waals surface area contributed by atoms with Crippen LogP contribution in [0.15, 0.2) is 30.3 Å². The summed E-state index contributed by atoms with van der Waals surface area (Å²) in [6.07, 6.45) is 4.80. The monoisotopic (exact) mass is 277 g/mol. The fraction of sp³-hybridized carbons (Fsp3) is 0.562. The van der Waals surface area contributed by atoms with E-state index < -0.39 is 0 Å². The number of thioether (sulfide) groups is 1. The van der Waals surface area contributed by atoms with E-state index in [-0.39, 0.29) is 5.91 Å². The Hall–Kier alpha value is -0.960. The molecule has 0 heterocycles. The molecule has 0 aliphatic heterocycles. The maximum atomic E-state index is 11.9. The molecule has 0 saturated heterocycles. The van der Waals surface area contributed by atoms with Crippen LogP contribution in [-0.2, 0) is 10.5 Å². The van der Waals surface area contributed by atoms with Crippen molar-refractivity contribution in [3.05, 3.63) is 35.9 Å². The summed E-state index contributed by atoms with van der Waals surface area (Å²) in [5, 5.41) is 3.17. The second-order valence-corrected chi connectivity index (χ2v) is 6.49. The predicted octanol–water partition coefficient (Wildman–Crippen LogP) is 3.61. The van der Waals surface area contributed by atoms with Crippen LogP contribution >= 0.6 is 11.8 Å². The highest BCUT2D eigenvalue weighted by atomic mass is 32.2. The maximum absolute atomic E-state index is 11.9. The molecule has 1 aliphatic carbocycles. The first-order valence-electron chi connectivity index (χ1n) is 7.15. The first-order chi connectivity index (χ1) is 9.24. The van der Waals surface area contributed by atoms with Gasteiger partial charge in [-0.05, 0) is 37.2 Å². The number of carbonyl (C=O) groups excluding carboxylic acids is 1. The van der Waals surface area contributed by atoms with Crippen molar-refractivity contribution in [2.75, 3.05) is 5.75 Å². The number of carbonyl (C=O) groups is 1. The number of rotatable bonds is 5. The summed E-state index contributed by atoms with van der Waals surface area (Å²) < 4.78 is 0. The van der Waals surface area contributed by atoms with E-state index in [4.69, 9.17) is 0 Å². The predicted molar refractivity (Wildman–Crippen MR) is 82.2 cm³/mol. The minimum absolute atomic E-state index is 0.195. The molecule has 0 atom stereocenters. The lowest BCUT2D eigenvalue weighted by molar-refractivity contribution is -0.119. The Morgan fingerprint density at radius 3 is 2.58 bits per heavy atom. The van der Waals surface area contributed by atoms with E-state index in [0.29, 0.717) is 11.8 Å². The summed E-state index contributed by atoms with van der Waals surface area (Å²) in [4.78, 5) is 11.9. The quantitative estimate of drug-likeness (QED) is 0.890. The second kappa shape index (κ2) is 7.59. The minimum Gasteiger partial charge on any atom is -0.353 e. The molecule has 1 amide bonds. The van der Waals surface area contributed by atoms with Gasteiger partial charge in [0, 0.05) is 11.8 Å². The molecule has 0 radical (unpaired) electrons. The number of amides is 1. The molecule has 0 spiro atoms. The van der Waals surface area contributed by atoms with Crippen LogP contribution < -0.4 is 5.32 Å². The van der Waals surface area contributed by atoms with Gasteiger partial charge in [-0.2, -0.15) is 0 Å². The van der Waals surface area contributed by atoms with Gasteiger partial charge < -0.3 is 5.32 Å². The van der Waals surface area contributed by atoms with Gasteiger partial charge in [0.05, 0.1) is 5.75 Å². The van der Waals surface area contributed by atoms with Gasteiger partial charge in [-0.1, -0.05) is 37.3 Å².